The van der Waals surface area contributed by atoms with Crippen molar-refractivity contribution in [3.05, 3.63) is 188 Å². The number of nitrogens with zero attached hydrogens (tertiary/aromatic N) is 2. The zero-order valence-electron chi connectivity index (χ0n) is 40.6. The molecule has 0 aliphatic carbocycles. The third kappa shape index (κ3) is 6.77. The number of halogens is 1. The van der Waals surface area contributed by atoms with Gasteiger partial charge >= 0.3 is 0 Å². The third-order valence-electron chi connectivity index (χ3n) is 15.2. The van der Waals surface area contributed by atoms with E-state index in [2.05, 4.69) is 202 Å². The van der Waals surface area contributed by atoms with E-state index < -0.39 is 5.82 Å². The van der Waals surface area contributed by atoms with E-state index >= 15 is 4.39 Å². The molecule has 2 heterocycles. The Morgan fingerprint density at radius 2 is 0.597 bits per heavy atom. The molecular weight excluding hydrogens is 824 g/mol. The minimum absolute atomic E-state index is 0.199. The normalized spacial score (nSPS) is 12.0. The summed E-state index contributed by atoms with van der Waals surface area (Å²) in [5.74, 6) is -0.489. The standard InChI is InChI=1S/C62H55FN2O2/c1-32-17-50(18-33(2)40(32)9)64(51-19-34(3)41(10)35(4)20-51)48-15-13-44-27-54-56-31-57-55-28-45-14-16-49(26-47(45)30-59(55)67-62(57)60(63)61(56)66-58(54)29-46(44)25-48)65(52-21-36(5)42(11)37(6)22-52)53-23-38(7)43(12)39(8)24-53/h13-31H,1-12H3. The van der Waals surface area contributed by atoms with Crippen LogP contribution < -0.4 is 9.80 Å². The molecule has 9 aromatic carbocycles. The second-order valence-corrected chi connectivity index (χ2v) is 19.4. The summed E-state index contributed by atoms with van der Waals surface area (Å²) in [4.78, 5) is 4.69. The molecule has 0 aliphatic heterocycles. The molecule has 0 saturated heterocycles. The van der Waals surface area contributed by atoms with E-state index in [0.29, 0.717) is 11.2 Å². The molecule has 0 saturated carbocycles. The molecule has 0 bridgehead atoms. The molecule has 0 unspecified atom stereocenters. The number of hydrogen-bond donors (Lipinski definition) is 0. The van der Waals surface area contributed by atoms with E-state index in [0.717, 1.165) is 77.2 Å². The summed E-state index contributed by atoms with van der Waals surface area (Å²) >= 11 is 0. The SMILES string of the molecule is Cc1cc(N(c2cc(C)c(C)c(C)c2)c2ccc3cc4c(cc3c2)oc2c(F)c3oc5cc6cc(N(c7cc(C)c(C)c(C)c7)c7cc(C)c(C)c(C)c7)ccc6cc5c3cc24)cc(C)c1C. The first-order valence-corrected chi connectivity index (χ1v) is 23.3. The molecule has 4 nitrogen and oxygen atoms in total. The molecule has 0 fully saturated rings. The number of furan rings is 2. The molecule has 2 aromatic heterocycles. The lowest BCUT2D eigenvalue weighted by molar-refractivity contribution is 0.561. The van der Waals surface area contributed by atoms with Gasteiger partial charge in [-0.05, 0) is 275 Å². The van der Waals surface area contributed by atoms with Gasteiger partial charge in [0.05, 0.1) is 0 Å². The topological polar surface area (TPSA) is 32.8 Å². The number of anilines is 6. The molecule has 0 aliphatic rings. The van der Waals surface area contributed by atoms with Crippen molar-refractivity contribution in [2.75, 3.05) is 9.80 Å². The van der Waals surface area contributed by atoms with Crippen LogP contribution >= 0.6 is 0 Å². The maximum atomic E-state index is 16.9. The molecule has 0 N–H and O–H groups in total. The summed E-state index contributed by atoms with van der Waals surface area (Å²) in [5.41, 5.74) is 23.4. The Morgan fingerprint density at radius 1 is 0.299 bits per heavy atom. The summed E-state index contributed by atoms with van der Waals surface area (Å²) in [6, 6.07) is 41.8. The van der Waals surface area contributed by atoms with Crippen molar-refractivity contribution in [1.29, 1.82) is 0 Å². The zero-order chi connectivity index (χ0) is 46.9. The van der Waals surface area contributed by atoms with Gasteiger partial charge in [-0.25, -0.2) is 0 Å². The van der Waals surface area contributed by atoms with Gasteiger partial charge in [-0.2, -0.15) is 4.39 Å². The molecule has 0 spiro atoms. The lowest BCUT2D eigenvalue weighted by Crippen LogP contribution is -2.12. The molecule has 5 heteroatoms. The van der Waals surface area contributed by atoms with Gasteiger partial charge in [-0.3, -0.25) is 0 Å². The van der Waals surface area contributed by atoms with E-state index in [1.165, 1.54) is 66.8 Å². The Labute approximate surface area is 391 Å². The minimum atomic E-state index is -0.489. The van der Waals surface area contributed by atoms with Crippen LogP contribution in [0.3, 0.4) is 0 Å². The number of hydrogen-bond acceptors (Lipinski definition) is 4. The lowest BCUT2D eigenvalue weighted by Gasteiger charge is -2.28. The van der Waals surface area contributed by atoms with E-state index in [-0.39, 0.29) is 11.2 Å². The highest BCUT2D eigenvalue weighted by atomic mass is 19.1. The average molecular weight is 879 g/mol. The fourth-order valence-electron chi connectivity index (χ4n) is 10.3. The van der Waals surface area contributed by atoms with Crippen LogP contribution in [-0.4, -0.2) is 0 Å². The summed E-state index contributed by atoms with van der Waals surface area (Å²) in [6.07, 6.45) is 0. The van der Waals surface area contributed by atoms with Gasteiger partial charge in [0, 0.05) is 55.7 Å². The number of aryl methyl sites for hydroxylation is 8. The van der Waals surface area contributed by atoms with Crippen molar-refractivity contribution in [2.24, 2.45) is 0 Å². The summed E-state index contributed by atoms with van der Waals surface area (Å²) < 4.78 is 29.8. The molecule has 0 atom stereocenters. The van der Waals surface area contributed by atoms with Gasteiger partial charge in [0.1, 0.15) is 11.2 Å². The van der Waals surface area contributed by atoms with Gasteiger partial charge in [0.2, 0.25) is 5.82 Å². The van der Waals surface area contributed by atoms with Crippen LogP contribution in [0.2, 0.25) is 0 Å². The second kappa shape index (κ2) is 15.4. The van der Waals surface area contributed by atoms with Crippen molar-refractivity contribution in [1.82, 2.24) is 0 Å². The largest absolute Gasteiger partial charge is 0.453 e. The Bertz CT molecular complexity index is 3460. The van der Waals surface area contributed by atoms with E-state index in [4.69, 9.17) is 8.83 Å². The van der Waals surface area contributed by atoms with Crippen LogP contribution in [0.25, 0.3) is 65.4 Å². The molecule has 11 aromatic rings. The van der Waals surface area contributed by atoms with Crippen molar-refractivity contribution >= 4 is 99.5 Å². The van der Waals surface area contributed by atoms with Crippen LogP contribution in [0, 0.1) is 88.9 Å². The summed E-state index contributed by atoms with van der Waals surface area (Å²) in [5, 5.41) is 7.30. The van der Waals surface area contributed by atoms with Crippen molar-refractivity contribution in [2.45, 2.75) is 83.1 Å². The highest BCUT2D eigenvalue weighted by Gasteiger charge is 2.23. The first kappa shape index (κ1) is 42.3. The van der Waals surface area contributed by atoms with Gasteiger partial charge < -0.3 is 18.6 Å². The highest BCUT2D eigenvalue weighted by molar-refractivity contribution is 6.19. The van der Waals surface area contributed by atoms with E-state index in [9.17, 15) is 0 Å². The van der Waals surface area contributed by atoms with E-state index in [1.807, 2.05) is 6.07 Å². The fourth-order valence-corrected chi connectivity index (χ4v) is 10.3. The molecule has 0 amide bonds. The molecule has 0 radical (unpaired) electrons. The fraction of sp³-hybridized carbons (Fsp3) is 0.194. The summed E-state index contributed by atoms with van der Waals surface area (Å²) in [7, 11) is 0. The first-order chi connectivity index (χ1) is 32.0. The quantitative estimate of drug-likeness (QED) is 0.167. The summed E-state index contributed by atoms with van der Waals surface area (Å²) in [6.45, 7) is 26.2. The van der Waals surface area contributed by atoms with Gasteiger partial charge in [0.25, 0.3) is 0 Å². The average Bonchev–Trinajstić information content (AvgIpc) is 3.84. The lowest BCUT2D eigenvalue weighted by atomic mass is 9.99. The predicted molar refractivity (Wildman–Crippen MR) is 282 cm³/mol. The Hall–Kier alpha value is -7.37. The first-order valence-electron chi connectivity index (χ1n) is 23.3. The van der Waals surface area contributed by atoms with E-state index in [1.54, 1.807) is 0 Å². The van der Waals surface area contributed by atoms with Crippen LogP contribution in [0.15, 0.2) is 124 Å². The zero-order valence-corrected chi connectivity index (χ0v) is 40.6. The van der Waals surface area contributed by atoms with Crippen LogP contribution in [0.5, 0.6) is 0 Å². The minimum Gasteiger partial charge on any atom is -0.453 e. The highest BCUT2D eigenvalue weighted by Crippen LogP contribution is 2.45. The Morgan fingerprint density at radius 3 is 0.896 bits per heavy atom. The monoisotopic (exact) mass is 878 g/mol. The van der Waals surface area contributed by atoms with Crippen LogP contribution in [0.4, 0.5) is 38.5 Å². The van der Waals surface area contributed by atoms with Crippen molar-refractivity contribution in [3.8, 4) is 0 Å². The van der Waals surface area contributed by atoms with Crippen molar-refractivity contribution in [3.63, 3.8) is 0 Å². The molecular formula is C62H55FN2O2. The Balaban J connectivity index is 1.03. The predicted octanol–water partition coefficient (Wildman–Crippen LogP) is 18.6. The van der Waals surface area contributed by atoms with Gasteiger partial charge in [-0.15, -0.1) is 0 Å². The van der Waals surface area contributed by atoms with Gasteiger partial charge in [0.15, 0.2) is 11.2 Å². The number of fused-ring (bicyclic) bond motifs is 8. The maximum Gasteiger partial charge on any atom is 0.209 e. The third-order valence-corrected chi connectivity index (χ3v) is 15.2. The smallest absolute Gasteiger partial charge is 0.209 e. The Kier molecular flexibility index (Phi) is 9.69. The second-order valence-electron chi connectivity index (χ2n) is 19.4. The number of rotatable bonds is 6. The van der Waals surface area contributed by atoms with Crippen LogP contribution in [0.1, 0.15) is 66.8 Å². The molecule has 67 heavy (non-hydrogen) atoms. The van der Waals surface area contributed by atoms with Gasteiger partial charge in [-0.1, -0.05) is 12.1 Å². The number of benzene rings is 9. The molecule has 332 valence electrons. The maximum absolute atomic E-state index is 16.9. The molecule has 11 rings (SSSR count). The van der Waals surface area contributed by atoms with Crippen LogP contribution in [-0.2, 0) is 0 Å². The van der Waals surface area contributed by atoms with Crippen molar-refractivity contribution < 1.29 is 13.2 Å².